The number of nitriles is 1. The molecule has 0 unspecified atom stereocenters. The molecule has 0 atom stereocenters. The molecule has 0 fully saturated rings. The van der Waals surface area contributed by atoms with Gasteiger partial charge in [-0.1, -0.05) is 0 Å². The molecule has 3 nitrogen and oxygen atoms in total. The van der Waals surface area contributed by atoms with Crippen LogP contribution in [0.25, 0.3) is 0 Å². The minimum absolute atomic E-state index is 0.00324. The summed E-state index contributed by atoms with van der Waals surface area (Å²) in [6.07, 6.45) is 0.243. The van der Waals surface area contributed by atoms with Crippen molar-refractivity contribution in [3.8, 4) is 6.07 Å². The molecule has 0 saturated heterocycles. The lowest BCUT2D eigenvalue weighted by Crippen LogP contribution is -2.03. The molecule has 1 aromatic rings. The van der Waals surface area contributed by atoms with Gasteiger partial charge in [0.15, 0.2) is 17.9 Å². The summed E-state index contributed by atoms with van der Waals surface area (Å²) in [4.78, 5) is 21.5. The van der Waals surface area contributed by atoms with E-state index in [1.54, 1.807) is 6.07 Å². The first-order chi connectivity index (χ1) is 6.61. The van der Waals surface area contributed by atoms with Crippen molar-refractivity contribution in [2.24, 2.45) is 0 Å². The number of benzene rings is 1. The normalized spacial score (nSPS) is 9.21. The summed E-state index contributed by atoms with van der Waals surface area (Å²) >= 11 is 0. The summed E-state index contributed by atoms with van der Waals surface area (Å²) in [5, 5.41) is 8.48. The smallest absolute Gasteiger partial charge is 0.160 e. The van der Waals surface area contributed by atoms with Crippen LogP contribution in [0.5, 0.6) is 0 Å². The average molecular weight is 191 g/mol. The molecule has 70 valence electrons. The fourth-order valence-electron chi connectivity index (χ4n) is 1.10. The zero-order valence-corrected chi connectivity index (χ0v) is 7.37. The molecule has 1 rings (SSSR count). The summed E-state index contributed by atoms with van der Waals surface area (Å²) in [5.41, 5.74) is -0.592. The Hall–Kier alpha value is -2.02. The third kappa shape index (κ3) is 1.52. The molecular formula is C10H6FNO2. The van der Waals surface area contributed by atoms with Crippen molar-refractivity contribution in [3.05, 3.63) is 34.6 Å². The number of carbonyl (C=O) groups excluding carboxylic acids is 2. The van der Waals surface area contributed by atoms with E-state index in [0.717, 1.165) is 0 Å². The van der Waals surface area contributed by atoms with Crippen molar-refractivity contribution in [2.45, 2.75) is 6.92 Å². The Morgan fingerprint density at radius 1 is 1.57 bits per heavy atom. The van der Waals surface area contributed by atoms with Gasteiger partial charge >= 0.3 is 0 Å². The standard InChI is InChI=1S/C10H6FNO2/c1-6(14)8-3-2-7(4-12)10(11)9(8)5-13/h2-3,5H,1H3. The fourth-order valence-corrected chi connectivity index (χ4v) is 1.10. The zero-order chi connectivity index (χ0) is 10.7. The van der Waals surface area contributed by atoms with Gasteiger partial charge in [-0.05, 0) is 19.1 Å². The van der Waals surface area contributed by atoms with Crippen LogP contribution in [0, 0.1) is 17.1 Å². The van der Waals surface area contributed by atoms with E-state index in [4.69, 9.17) is 5.26 Å². The number of rotatable bonds is 2. The summed E-state index contributed by atoms with van der Waals surface area (Å²) in [5.74, 6) is -1.34. The van der Waals surface area contributed by atoms with Crippen molar-refractivity contribution in [1.82, 2.24) is 0 Å². The lowest BCUT2D eigenvalue weighted by Gasteiger charge is -2.02. The van der Waals surface area contributed by atoms with Crippen LogP contribution in [0.15, 0.2) is 12.1 Å². The number of ketones is 1. The van der Waals surface area contributed by atoms with Gasteiger partial charge in [0, 0.05) is 5.56 Å². The van der Waals surface area contributed by atoms with Gasteiger partial charge in [0.2, 0.25) is 0 Å². The quantitative estimate of drug-likeness (QED) is 0.528. The van der Waals surface area contributed by atoms with Gasteiger partial charge in [-0.2, -0.15) is 5.26 Å². The topological polar surface area (TPSA) is 57.9 Å². The first-order valence-electron chi connectivity index (χ1n) is 3.80. The molecule has 0 aliphatic carbocycles. The van der Waals surface area contributed by atoms with E-state index < -0.39 is 11.6 Å². The van der Waals surface area contributed by atoms with Crippen molar-refractivity contribution in [2.75, 3.05) is 0 Å². The lowest BCUT2D eigenvalue weighted by atomic mass is 10.0. The van der Waals surface area contributed by atoms with Gasteiger partial charge in [-0.15, -0.1) is 0 Å². The molecule has 0 aromatic heterocycles. The zero-order valence-electron chi connectivity index (χ0n) is 7.37. The molecule has 0 N–H and O–H groups in total. The Morgan fingerprint density at radius 2 is 2.21 bits per heavy atom. The third-order valence-corrected chi connectivity index (χ3v) is 1.80. The van der Waals surface area contributed by atoms with Gasteiger partial charge in [0.05, 0.1) is 11.1 Å². The van der Waals surface area contributed by atoms with Gasteiger partial charge < -0.3 is 0 Å². The number of nitrogens with zero attached hydrogens (tertiary/aromatic N) is 1. The monoisotopic (exact) mass is 191 g/mol. The van der Waals surface area contributed by atoms with Crippen LogP contribution < -0.4 is 0 Å². The highest BCUT2D eigenvalue weighted by molar-refractivity contribution is 6.01. The maximum Gasteiger partial charge on any atom is 0.160 e. The molecule has 0 aliphatic rings. The predicted octanol–water partition coefficient (Wildman–Crippen LogP) is 1.71. The summed E-state index contributed by atoms with van der Waals surface area (Å²) in [6.45, 7) is 1.23. The number of halogens is 1. The highest BCUT2D eigenvalue weighted by atomic mass is 19.1. The SMILES string of the molecule is CC(=O)c1ccc(C#N)c(F)c1C=O. The van der Waals surface area contributed by atoms with E-state index in [2.05, 4.69) is 0 Å². The molecule has 0 heterocycles. The second-order valence-corrected chi connectivity index (χ2v) is 2.67. The first-order valence-corrected chi connectivity index (χ1v) is 3.80. The minimum atomic E-state index is -0.935. The van der Waals surface area contributed by atoms with Crippen LogP contribution in [-0.2, 0) is 0 Å². The Kier molecular flexibility index (Phi) is 2.73. The molecule has 0 spiro atoms. The molecule has 0 radical (unpaired) electrons. The van der Waals surface area contributed by atoms with Gasteiger partial charge in [0.25, 0.3) is 0 Å². The second kappa shape index (κ2) is 3.79. The molecule has 0 saturated carbocycles. The highest BCUT2D eigenvalue weighted by Gasteiger charge is 2.14. The van der Waals surface area contributed by atoms with Crippen LogP contribution in [0.1, 0.15) is 33.2 Å². The largest absolute Gasteiger partial charge is 0.298 e. The van der Waals surface area contributed by atoms with E-state index in [0.29, 0.717) is 0 Å². The van der Waals surface area contributed by atoms with Crippen molar-refractivity contribution < 1.29 is 14.0 Å². The number of hydrogen-bond donors (Lipinski definition) is 0. The fraction of sp³-hybridized carbons (Fsp3) is 0.100. The van der Waals surface area contributed by atoms with Crippen molar-refractivity contribution in [3.63, 3.8) is 0 Å². The number of aldehydes is 1. The Morgan fingerprint density at radius 3 is 2.64 bits per heavy atom. The van der Waals surface area contributed by atoms with E-state index in [9.17, 15) is 14.0 Å². The van der Waals surface area contributed by atoms with Crippen molar-refractivity contribution in [1.29, 1.82) is 5.26 Å². The molecular weight excluding hydrogens is 185 g/mol. The second-order valence-electron chi connectivity index (χ2n) is 2.67. The maximum atomic E-state index is 13.3. The minimum Gasteiger partial charge on any atom is -0.298 e. The molecule has 1 aromatic carbocycles. The number of Topliss-reactive ketones (excluding diaryl/α,β-unsaturated/α-hetero) is 1. The third-order valence-electron chi connectivity index (χ3n) is 1.80. The average Bonchev–Trinajstić information content (AvgIpc) is 2.17. The van der Waals surface area contributed by atoms with E-state index in [1.807, 2.05) is 0 Å². The van der Waals surface area contributed by atoms with Gasteiger partial charge in [0.1, 0.15) is 6.07 Å². The van der Waals surface area contributed by atoms with E-state index >= 15 is 0 Å². The van der Waals surface area contributed by atoms with Gasteiger partial charge in [-0.3, -0.25) is 9.59 Å². The van der Waals surface area contributed by atoms with E-state index in [1.165, 1.54) is 19.1 Å². The predicted molar refractivity (Wildman–Crippen MR) is 46.5 cm³/mol. The molecule has 0 aliphatic heterocycles. The first kappa shape index (κ1) is 10.1. The highest BCUT2D eigenvalue weighted by Crippen LogP contribution is 2.16. The lowest BCUT2D eigenvalue weighted by molar-refractivity contribution is 0.100. The van der Waals surface area contributed by atoms with Crippen LogP contribution in [0.2, 0.25) is 0 Å². The number of carbonyl (C=O) groups is 2. The van der Waals surface area contributed by atoms with Crippen LogP contribution in [0.3, 0.4) is 0 Å². The van der Waals surface area contributed by atoms with Crippen LogP contribution >= 0.6 is 0 Å². The Labute approximate surface area is 79.8 Å². The summed E-state index contributed by atoms with van der Waals surface area (Å²) in [7, 11) is 0. The van der Waals surface area contributed by atoms with Crippen molar-refractivity contribution >= 4 is 12.1 Å². The van der Waals surface area contributed by atoms with Crippen LogP contribution in [-0.4, -0.2) is 12.1 Å². The number of hydrogen-bond acceptors (Lipinski definition) is 3. The van der Waals surface area contributed by atoms with Gasteiger partial charge in [-0.25, -0.2) is 4.39 Å². The summed E-state index contributed by atoms with van der Waals surface area (Å²) in [6, 6.07) is 4.04. The molecule has 0 bridgehead atoms. The molecule has 14 heavy (non-hydrogen) atoms. The molecule has 0 amide bonds. The van der Waals surface area contributed by atoms with E-state index in [-0.39, 0.29) is 23.0 Å². The molecule has 4 heteroatoms. The Balaban J connectivity index is 3.53. The Bertz CT molecular complexity index is 446. The summed E-state index contributed by atoms with van der Waals surface area (Å²) < 4.78 is 13.3. The maximum absolute atomic E-state index is 13.3. The van der Waals surface area contributed by atoms with Crippen LogP contribution in [0.4, 0.5) is 4.39 Å².